The van der Waals surface area contributed by atoms with E-state index in [1.165, 1.54) is 16.4 Å². The Bertz CT molecular complexity index is 631. The van der Waals surface area contributed by atoms with E-state index in [4.69, 9.17) is 5.73 Å². The Balaban J connectivity index is 2.27. The van der Waals surface area contributed by atoms with Crippen LogP contribution in [0.15, 0.2) is 29.2 Å². The van der Waals surface area contributed by atoms with E-state index < -0.39 is 20.5 Å². The molecule has 1 fully saturated rings. The number of nitrogens with zero attached hydrogens (tertiary/aromatic N) is 2. The fourth-order valence-corrected chi connectivity index (χ4v) is 3.91. The van der Waals surface area contributed by atoms with Crippen LogP contribution in [0.5, 0.6) is 0 Å². The van der Waals surface area contributed by atoms with E-state index >= 15 is 0 Å². The molecule has 8 nitrogen and oxygen atoms in total. The van der Waals surface area contributed by atoms with Crippen molar-refractivity contribution in [3.8, 4) is 0 Å². The van der Waals surface area contributed by atoms with E-state index in [-0.39, 0.29) is 23.7 Å². The van der Waals surface area contributed by atoms with Gasteiger partial charge in [-0.3, -0.25) is 10.1 Å². The number of aliphatic hydroxyl groups excluding tert-OH is 1. The summed E-state index contributed by atoms with van der Waals surface area (Å²) < 4.78 is 26.2. The van der Waals surface area contributed by atoms with Crippen molar-refractivity contribution in [2.24, 2.45) is 5.73 Å². The summed E-state index contributed by atoms with van der Waals surface area (Å²) in [6, 6.07) is 4.72. The molecule has 0 spiro atoms. The molecule has 0 aliphatic carbocycles. The average molecular weight is 315 g/mol. The third-order valence-corrected chi connectivity index (χ3v) is 5.43. The smallest absolute Gasteiger partial charge is 0.269 e. The molecule has 1 aromatic rings. The van der Waals surface area contributed by atoms with Gasteiger partial charge in [-0.1, -0.05) is 0 Å². The number of piperidine rings is 1. The van der Waals surface area contributed by atoms with Crippen molar-refractivity contribution in [2.45, 2.75) is 23.3 Å². The van der Waals surface area contributed by atoms with Crippen molar-refractivity contribution in [3.05, 3.63) is 34.4 Å². The number of nitro benzene ring substituents is 1. The first-order valence-electron chi connectivity index (χ1n) is 6.43. The van der Waals surface area contributed by atoms with Crippen LogP contribution in [0.3, 0.4) is 0 Å². The van der Waals surface area contributed by atoms with Crippen molar-refractivity contribution in [1.82, 2.24) is 4.31 Å². The Morgan fingerprint density at radius 1 is 1.38 bits per heavy atom. The highest BCUT2D eigenvalue weighted by Crippen LogP contribution is 2.25. The fraction of sp³-hybridized carbons (Fsp3) is 0.500. The Morgan fingerprint density at radius 3 is 2.52 bits per heavy atom. The van der Waals surface area contributed by atoms with Gasteiger partial charge in [-0.25, -0.2) is 8.42 Å². The van der Waals surface area contributed by atoms with Crippen LogP contribution in [-0.4, -0.2) is 48.0 Å². The van der Waals surface area contributed by atoms with Crippen LogP contribution in [0.2, 0.25) is 0 Å². The lowest BCUT2D eigenvalue weighted by atomic mass is 9.92. The van der Waals surface area contributed by atoms with Crippen molar-refractivity contribution >= 4 is 15.7 Å². The van der Waals surface area contributed by atoms with Gasteiger partial charge < -0.3 is 10.8 Å². The molecule has 1 atom stereocenters. The van der Waals surface area contributed by atoms with Crippen LogP contribution in [0.4, 0.5) is 5.69 Å². The Morgan fingerprint density at radius 2 is 2.00 bits per heavy atom. The van der Waals surface area contributed by atoms with E-state index in [0.29, 0.717) is 19.4 Å². The maximum absolute atomic E-state index is 12.5. The van der Waals surface area contributed by atoms with Gasteiger partial charge in [-0.15, -0.1) is 0 Å². The first kappa shape index (κ1) is 15.8. The van der Waals surface area contributed by atoms with Crippen molar-refractivity contribution in [3.63, 3.8) is 0 Å². The van der Waals surface area contributed by atoms with Gasteiger partial charge in [0, 0.05) is 25.2 Å². The topological polar surface area (TPSA) is 127 Å². The third kappa shape index (κ3) is 3.21. The van der Waals surface area contributed by atoms with Crippen molar-refractivity contribution in [2.75, 3.05) is 19.7 Å². The molecule has 0 aromatic heterocycles. The van der Waals surface area contributed by atoms with Gasteiger partial charge in [0.25, 0.3) is 5.69 Å². The number of rotatable bonds is 4. The summed E-state index contributed by atoms with van der Waals surface area (Å²) in [6.45, 7) is 0.0559. The normalized spacial score (nSPS) is 23.9. The Labute approximate surface area is 122 Å². The maximum atomic E-state index is 12.5. The van der Waals surface area contributed by atoms with Crippen molar-refractivity contribution < 1.29 is 18.4 Å². The molecule has 116 valence electrons. The molecule has 0 saturated carbocycles. The predicted octanol–water partition coefficient (Wildman–Crippen LogP) is 0.0691. The van der Waals surface area contributed by atoms with Gasteiger partial charge in [0.15, 0.2) is 0 Å². The lowest BCUT2D eigenvalue weighted by molar-refractivity contribution is -0.384. The zero-order valence-corrected chi connectivity index (χ0v) is 12.1. The van der Waals surface area contributed by atoms with Gasteiger partial charge in [-0.05, 0) is 25.0 Å². The zero-order chi connectivity index (χ0) is 15.7. The van der Waals surface area contributed by atoms with E-state index in [9.17, 15) is 23.6 Å². The molecule has 1 aliphatic heterocycles. The van der Waals surface area contributed by atoms with Gasteiger partial charge >= 0.3 is 0 Å². The largest absolute Gasteiger partial charge is 0.394 e. The number of non-ortho nitro benzene ring substituents is 1. The molecule has 1 heterocycles. The highest BCUT2D eigenvalue weighted by atomic mass is 32.2. The van der Waals surface area contributed by atoms with Crippen LogP contribution < -0.4 is 5.73 Å². The fourth-order valence-electron chi connectivity index (χ4n) is 2.34. The van der Waals surface area contributed by atoms with Crippen LogP contribution in [-0.2, 0) is 10.0 Å². The second kappa shape index (κ2) is 5.68. The molecular weight excluding hydrogens is 298 g/mol. The number of hydrogen-bond acceptors (Lipinski definition) is 6. The SMILES string of the molecule is NC1(CO)CCCN(S(=O)(=O)c2ccc([N+](=O)[O-])cc2)C1. The average Bonchev–Trinajstić information content (AvgIpc) is 2.47. The molecule has 9 heteroatoms. The second-order valence-corrected chi connectivity index (χ2v) is 7.15. The van der Waals surface area contributed by atoms with Gasteiger partial charge in [0.1, 0.15) is 0 Å². The number of nitrogens with two attached hydrogens (primary N) is 1. The monoisotopic (exact) mass is 315 g/mol. The molecular formula is C12H17N3O5S. The third-order valence-electron chi connectivity index (χ3n) is 3.57. The van der Waals surface area contributed by atoms with Gasteiger partial charge in [0.05, 0.1) is 22.0 Å². The number of nitro groups is 1. The van der Waals surface area contributed by atoms with E-state index in [1.807, 2.05) is 0 Å². The summed E-state index contributed by atoms with van der Waals surface area (Å²) >= 11 is 0. The minimum absolute atomic E-state index is 0.0183. The lowest BCUT2D eigenvalue weighted by Crippen LogP contribution is -2.57. The molecule has 3 N–H and O–H groups in total. The van der Waals surface area contributed by atoms with Crippen LogP contribution in [0, 0.1) is 10.1 Å². The minimum atomic E-state index is -3.77. The lowest BCUT2D eigenvalue weighted by Gasteiger charge is -2.38. The molecule has 0 bridgehead atoms. The van der Waals surface area contributed by atoms with Crippen LogP contribution in [0.1, 0.15) is 12.8 Å². The number of aliphatic hydroxyl groups is 1. The summed E-state index contributed by atoms with van der Waals surface area (Å²) in [5.74, 6) is 0. The number of hydrogen-bond donors (Lipinski definition) is 2. The Hall–Kier alpha value is -1.55. The maximum Gasteiger partial charge on any atom is 0.269 e. The van der Waals surface area contributed by atoms with Crippen molar-refractivity contribution in [1.29, 1.82) is 0 Å². The highest BCUT2D eigenvalue weighted by molar-refractivity contribution is 7.89. The molecule has 21 heavy (non-hydrogen) atoms. The van der Waals surface area contributed by atoms with Crippen LogP contribution >= 0.6 is 0 Å². The zero-order valence-electron chi connectivity index (χ0n) is 11.3. The second-order valence-electron chi connectivity index (χ2n) is 5.21. The molecule has 1 aromatic carbocycles. The molecule has 1 aliphatic rings. The summed E-state index contributed by atoms with van der Waals surface area (Å²) in [7, 11) is -3.77. The molecule has 1 saturated heterocycles. The quantitative estimate of drug-likeness (QED) is 0.598. The summed E-state index contributed by atoms with van der Waals surface area (Å²) in [4.78, 5) is 9.98. The number of sulfonamides is 1. The summed E-state index contributed by atoms with van der Waals surface area (Å²) in [5, 5.41) is 19.9. The Kier molecular flexibility index (Phi) is 4.28. The van der Waals surface area contributed by atoms with Gasteiger partial charge in [0.2, 0.25) is 10.0 Å². The molecule has 0 radical (unpaired) electrons. The van der Waals surface area contributed by atoms with E-state index in [1.54, 1.807) is 0 Å². The minimum Gasteiger partial charge on any atom is -0.394 e. The van der Waals surface area contributed by atoms with Crippen LogP contribution in [0.25, 0.3) is 0 Å². The predicted molar refractivity (Wildman–Crippen MR) is 75.1 cm³/mol. The summed E-state index contributed by atoms with van der Waals surface area (Å²) in [6.07, 6.45) is 1.11. The number of benzene rings is 1. The molecule has 0 amide bonds. The first-order chi connectivity index (χ1) is 9.78. The van der Waals surface area contributed by atoms with Gasteiger partial charge in [-0.2, -0.15) is 4.31 Å². The summed E-state index contributed by atoms with van der Waals surface area (Å²) in [5.41, 5.74) is 4.83. The van der Waals surface area contributed by atoms with E-state index in [2.05, 4.69) is 0 Å². The standard InChI is InChI=1S/C12H17N3O5S/c13-12(9-16)6-1-7-14(8-12)21(19,20)11-4-2-10(3-5-11)15(17)18/h2-5,16H,1,6-9,13H2. The van der Waals surface area contributed by atoms with E-state index in [0.717, 1.165) is 12.1 Å². The molecule has 1 unspecified atom stereocenters. The first-order valence-corrected chi connectivity index (χ1v) is 7.87. The highest BCUT2D eigenvalue weighted by Gasteiger charge is 2.37. The molecule has 2 rings (SSSR count).